The summed E-state index contributed by atoms with van der Waals surface area (Å²) in [4.78, 5) is 15.8. The van der Waals surface area contributed by atoms with Crippen LogP contribution in [0.4, 0.5) is 5.69 Å². The normalized spacial score (nSPS) is 10.5. The van der Waals surface area contributed by atoms with Gasteiger partial charge in [-0.3, -0.25) is 9.78 Å². The minimum absolute atomic E-state index is 0.0372. The lowest BCUT2D eigenvalue weighted by atomic mass is 10.1. The number of anilines is 1. The quantitative estimate of drug-likeness (QED) is 0.613. The molecular formula is C17H29N3O. The van der Waals surface area contributed by atoms with Crippen LogP contribution in [0.15, 0.2) is 18.3 Å². The summed E-state index contributed by atoms with van der Waals surface area (Å²) in [6, 6.07) is 3.57. The molecule has 0 atom stereocenters. The van der Waals surface area contributed by atoms with E-state index in [1.54, 1.807) is 18.3 Å². The fourth-order valence-corrected chi connectivity index (χ4v) is 2.25. The van der Waals surface area contributed by atoms with Crippen molar-refractivity contribution in [3.05, 3.63) is 24.0 Å². The van der Waals surface area contributed by atoms with Crippen molar-refractivity contribution in [1.82, 2.24) is 10.3 Å². The fraction of sp³-hybridized carbons (Fsp3) is 0.647. The third-order valence-corrected chi connectivity index (χ3v) is 3.54. The van der Waals surface area contributed by atoms with Gasteiger partial charge in [-0.2, -0.15) is 0 Å². The largest absolute Gasteiger partial charge is 0.397 e. The van der Waals surface area contributed by atoms with Crippen LogP contribution in [0.5, 0.6) is 0 Å². The van der Waals surface area contributed by atoms with Crippen LogP contribution in [0.1, 0.15) is 64.0 Å². The molecule has 21 heavy (non-hydrogen) atoms. The Hall–Kier alpha value is -1.58. The predicted molar refractivity (Wildman–Crippen MR) is 88.0 cm³/mol. The van der Waals surface area contributed by atoms with Crippen molar-refractivity contribution >= 4 is 11.6 Å². The van der Waals surface area contributed by atoms with Gasteiger partial charge in [-0.1, -0.05) is 51.9 Å². The molecule has 0 bridgehead atoms. The maximum atomic E-state index is 11.7. The number of carbonyl (C=O) groups is 1. The maximum absolute atomic E-state index is 11.7. The topological polar surface area (TPSA) is 68.0 Å². The summed E-state index contributed by atoms with van der Waals surface area (Å²) in [6.07, 6.45) is 12.1. The second-order valence-corrected chi connectivity index (χ2v) is 5.58. The third-order valence-electron chi connectivity index (χ3n) is 3.54. The Morgan fingerprint density at radius 3 is 2.38 bits per heavy atom. The Morgan fingerprint density at radius 1 is 1.10 bits per heavy atom. The molecule has 1 heterocycles. The molecule has 0 saturated heterocycles. The molecule has 4 heteroatoms. The first-order valence-corrected chi connectivity index (χ1v) is 8.19. The summed E-state index contributed by atoms with van der Waals surface area (Å²) in [5.41, 5.74) is 6.94. The molecule has 1 aromatic rings. The lowest BCUT2D eigenvalue weighted by Crippen LogP contribution is -2.26. The number of rotatable bonds is 11. The van der Waals surface area contributed by atoms with Crippen LogP contribution in [-0.2, 0) is 11.2 Å². The number of nitrogens with two attached hydrogens (primary N) is 1. The summed E-state index contributed by atoms with van der Waals surface area (Å²) in [5.74, 6) is 0.0372. The number of hydrogen-bond donors (Lipinski definition) is 2. The molecular weight excluding hydrogens is 262 g/mol. The van der Waals surface area contributed by atoms with Crippen LogP contribution in [-0.4, -0.2) is 17.4 Å². The van der Waals surface area contributed by atoms with Crippen LogP contribution in [0.3, 0.4) is 0 Å². The van der Waals surface area contributed by atoms with E-state index in [1.165, 1.54) is 44.9 Å². The number of unbranched alkanes of at least 4 members (excludes halogenated alkanes) is 7. The van der Waals surface area contributed by atoms with Crippen LogP contribution in [0.25, 0.3) is 0 Å². The van der Waals surface area contributed by atoms with Crippen molar-refractivity contribution in [1.29, 1.82) is 0 Å². The number of hydrogen-bond acceptors (Lipinski definition) is 3. The van der Waals surface area contributed by atoms with Gasteiger partial charge in [0, 0.05) is 12.2 Å². The van der Waals surface area contributed by atoms with Gasteiger partial charge >= 0.3 is 0 Å². The number of amides is 1. The summed E-state index contributed by atoms with van der Waals surface area (Å²) in [5, 5.41) is 2.95. The molecule has 118 valence electrons. The molecule has 0 aliphatic carbocycles. The Morgan fingerprint density at radius 2 is 1.76 bits per heavy atom. The average molecular weight is 291 g/mol. The third kappa shape index (κ3) is 9.05. The van der Waals surface area contributed by atoms with E-state index in [-0.39, 0.29) is 5.91 Å². The highest BCUT2D eigenvalue weighted by Gasteiger charge is 2.03. The smallest absolute Gasteiger partial charge is 0.226 e. The number of nitrogens with one attached hydrogen (secondary N) is 1. The molecule has 1 aromatic heterocycles. The van der Waals surface area contributed by atoms with Crippen molar-refractivity contribution in [2.45, 2.75) is 64.7 Å². The van der Waals surface area contributed by atoms with E-state index in [1.807, 2.05) is 0 Å². The van der Waals surface area contributed by atoms with Crippen LogP contribution in [0.2, 0.25) is 0 Å². The van der Waals surface area contributed by atoms with Crippen molar-refractivity contribution < 1.29 is 4.79 Å². The van der Waals surface area contributed by atoms with Gasteiger partial charge in [-0.05, 0) is 18.6 Å². The SMILES string of the molecule is CCCCCCCCCCNC(=O)Cc1ccc(N)cn1. The van der Waals surface area contributed by atoms with Crippen molar-refractivity contribution in [3.8, 4) is 0 Å². The Labute approximate surface area is 128 Å². The number of pyridine rings is 1. The van der Waals surface area contributed by atoms with Gasteiger partial charge in [-0.15, -0.1) is 0 Å². The molecule has 0 aliphatic heterocycles. The molecule has 0 saturated carbocycles. The summed E-state index contributed by atoms with van der Waals surface area (Å²) >= 11 is 0. The average Bonchev–Trinajstić information content (AvgIpc) is 2.48. The zero-order valence-electron chi connectivity index (χ0n) is 13.2. The molecule has 0 unspecified atom stereocenters. The zero-order valence-corrected chi connectivity index (χ0v) is 13.2. The van der Waals surface area contributed by atoms with Crippen LogP contribution in [0, 0.1) is 0 Å². The summed E-state index contributed by atoms with van der Waals surface area (Å²) in [7, 11) is 0. The van der Waals surface area contributed by atoms with E-state index >= 15 is 0 Å². The highest BCUT2D eigenvalue weighted by atomic mass is 16.1. The zero-order chi connectivity index (χ0) is 15.3. The van der Waals surface area contributed by atoms with Gasteiger partial charge < -0.3 is 11.1 Å². The van der Waals surface area contributed by atoms with E-state index in [9.17, 15) is 4.79 Å². The number of nitrogen functional groups attached to an aromatic ring is 1. The van der Waals surface area contributed by atoms with E-state index in [0.717, 1.165) is 18.7 Å². The second-order valence-electron chi connectivity index (χ2n) is 5.58. The minimum atomic E-state index is 0.0372. The number of aromatic nitrogens is 1. The first kappa shape index (κ1) is 17.5. The Balaban J connectivity index is 1.97. The summed E-state index contributed by atoms with van der Waals surface area (Å²) < 4.78 is 0. The molecule has 4 nitrogen and oxygen atoms in total. The monoisotopic (exact) mass is 291 g/mol. The first-order valence-electron chi connectivity index (χ1n) is 8.19. The molecule has 0 radical (unpaired) electrons. The second kappa shape index (κ2) is 11.1. The lowest BCUT2D eigenvalue weighted by Gasteiger charge is -2.05. The van der Waals surface area contributed by atoms with Gasteiger partial charge in [0.1, 0.15) is 0 Å². The van der Waals surface area contributed by atoms with Gasteiger partial charge in [0.15, 0.2) is 0 Å². The van der Waals surface area contributed by atoms with E-state index in [2.05, 4.69) is 17.2 Å². The van der Waals surface area contributed by atoms with Crippen molar-refractivity contribution in [2.24, 2.45) is 0 Å². The first-order chi connectivity index (χ1) is 10.2. The van der Waals surface area contributed by atoms with Crippen LogP contribution >= 0.6 is 0 Å². The van der Waals surface area contributed by atoms with E-state index in [0.29, 0.717) is 12.1 Å². The lowest BCUT2D eigenvalue weighted by molar-refractivity contribution is -0.120. The highest BCUT2D eigenvalue weighted by molar-refractivity contribution is 5.78. The molecule has 0 spiro atoms. The van der Waals surface area contributed by atoms with Crippen LogP contribution < -0.4 is 11.1 Å². The molecule has 1 amide bonds. The number of carbonyl (C=O) groups excluding carboxylic acids is 1. The van der Waals surface area contributed by atoms with E-state index in [4.69, 9.17) is 5.73 Å². The fourth-order valence-electron chi connectivity index (χ4n) is 2.25. The summed E-state index contributed by atoms with van der Waals surface area (Å²) in [6.45, 7) is 3.01. The van der Waals surface area contributed by atoms with E-state index < -0.39 is 0 Å². The molecule has 0 aliphatic rings. The van der Waals surface area contributed by atoms with Gasteiger partial charge in [0.2, 0.25) is 5.91 Å². The maximum Gasteiger partial charge on any atom is 0.226 e. The highest BCUT2D eigenvalue weighted by Crippen LogP contribution is 2.08. The molecule has 3 N–H and O–H groups in total. The van der Waals surface area contributed by atoms with Gasteiger partial charge in [0.25, 0.3) is 0 Å². The Bertz CT molecular complexity index is 390. The minimum Gasteiger partial charge on any atom is -0.397 e. The predicted octanol–water partition coefficient (Wildman–Crippen LogP) is 3.46. The van der Waals surface area contributed by atoms with Crippen molar-refractivity contribution in [2.75, 3.05) is 12.3 Å². The van der Waals surface area contributed by atoms with Gasteiger partial charge in [-0.25, -0.2) is 0 Å². The molecule has 1 rings (SSSR count). The Kier molecular flexibility index (Phi) is 9.25. The molecule has 0 fully saturated rings. The number of nitrogens with zero attached hydrogens (tertiary/aromatic N) is 1. The molecule has 0 aromatic carbocycles. The van der Waals surface area contributed by atoms with Gasteiger partial charge in [0.05, 0.1) is 18.3 Å². The van der Waals surface area contributed by atoms with Crippen molar-refractivity contribution in [3.63, 3.8) is 0 Å². The standard InChI is InChI=1S/C17H29N3O/c1-2-3-4-5-6-7-8-9-12-19-17(21)13-16-11-10-15(18)14-20-16/h10-11,14H,2-9,12-13,18H2,1H3,(H,19,21).